The van der Waals surface area contributed by atoms with Gasteiger partial charge in [0.15, 0.2) is 11.5 Å². The van der Waals surface area contributed by atoms with Gasteiger partial charge < -0.3 is 14.8 Å². The van der Waals surface area contributed by atoms with Gasteiger partial charge in [-0.2, -0.15) is 5.26 Å². The summed E-state index contributed by atoms with van der Waals surface area (Å²) >= 11 is 18.0. The molecule has 0 aliphatic rings. The number of benzene rings is 3. The van der Waals surface area contributed by atoms with Crippen molar-refractivity contribution >= 4 is 52.5 Å². The van der Waals surface area contributed by atoms with Crippen molar-refractivity contribution in [3.8, 4) is 17.6 Å². The van der Waals surface area contributed by atoms with Gasteiger partial charge >= 0.3 is 0 Å². The van der Waals surface area contributed by atoms with Crippen LogP contribution in [-0.4, -0.2) is 13.0 Å². The predicted octanol–water partition coefficient (Wildman–Crippen LogP) is 6.78. The topological polar surface area (TPSA) is 71.3 Å². The van der Waals surface area contributed by atoms with E-state index in [2.05, 4.69) is 5.32 Å². The summed E-state index contributed by atoms with van der Waals surface area (Å²) in [5, 5.41) is 13.7. The van der Waals surface area contributed by atoms with Crippen molar-refractivity contribution in [3.63, 3.8) is 0 Å². The summed E-state index contributed by atoms with van der Waals surface area (Å²) in [6.45, 7) is 0.182. The van der Waals surface area contributed by atoms with Gasteiger partial charge in [0, 0.05) is 26.3 Å². The average Bonchev–Trinajstić information content (AvgIpc) is 2.78. The van der Waals surface area contributed by atoms with Crippen LogP contribution in [0, 0.1) is 11.3 Å². The number of nitriles is 1. The van der Waals surface area contributed by atoms with Crippen LogP contribution in [0.1, 0.15) is 11.1 Å². The van der Waals surface area contributed by atoms with Gasteiger partial charge in [-0.05, 0) is 60.2 Å². The number of rotatable bonds is 7. The quantitative estimate of drug-likeness (QED) is 0.294. The van der Waals surface area contributed by atoms with Crippen LogP contribution in [0.2, 0.25) is 15.1 Å². The number of nitrogens with zero attached hydrogens (tertiary/aromatic N) is 1. The van der Waals surface area contributed by atoms with Crippen LogP contribution in [0.25, 0.3) is 6.08 Å². The van der Waals surface area contributed by atoms with E-state index in [0.717, 1.165) is 5.56 Å². The van der Waals surface area contributed by atoms with E-state index in [9.17, 15) is 10.1 Å². The van der Waals surface area contributed by atoms with Gasteiger partial charge in [-0.3, -0.25) is 4.79 Å². The lowest BCUT2D eigenvalue weighted by molar-refractivity contribution is -0.112. The smallest absolute Gasteiger partial charge is 0.266 e. The highest BCUT2D eigenvalue weighted by Crippen LogP contribution is 2.31. The van der Waals surface area contributed by atoms with E-state index in [1.807, 2.05) is 6.07 Å². The Morgan fingerprint density at radius 2 is 1.72 bits per heavy atom. The SMILES string of the molecule is COc1ccc(/C=C(\C#N)C(=O)Nc2ccc(Cl)cc2)cc1OCc1ccc(Cl)cc1Cl. The highest BCUT2D eigenvalue weighted by Gasteiger charge is 2.12. The molecule has 162 valence electrons. The second-order valence-corrected chi connectivity index (χ2v) is 7.85. The number of nitrogens with one attached hydrogen (secondary N) is 1. The van der Waals surface area contributed by atoms with Gasteiger partial charge in [0.05, 0.1) is 7.11 Å². The number of methoxy groups -OCH3 is 1. The summed E-state index contributed by atoms with van der Waals surface area (Å²) < 4.78 is 11.2. The van der Waals surface area contributed by atoms with Crippen LogP contribution in [0.3, 0.4) is 0 Å². The molecule has 0 aromatic heterocycles. The molecule has 0 radical (unpaired) electrons. The second kappa shape index (κ2) is 10.9. The van der Waals surface area contributed by atoms with E-state index in [1.54, 1.807) is 60.7 Å². The number of hydrogen-bond acceptors (Lipinski definition) is 4. The van der Waals surface area contributed by atoms with Crippen LogP contribution in [0.15, 0.2) is 66.2 Å². The number of carbonyl (C=O) groups excluding carboxylic acids is 1. The number of anilines is 1. The molecule has 0 bridgehead atoms. The molecule has 0 atom stereocenters. The lowest BCUT2D eigenvalue weighted by Crippen LogP contribution is -2.13. The lowest BCUT2D eigenvalue weighted by atomic mass is 10.1. The molecule has 3 aromatic rings. The fourth-order valence-electron chi connectivity index (χ4n) is 2.74. The molecule has 0 heterocycles. The number of hydrogen-bond donors (Lipinski definition) is 1. The first-order valence-electron chi connectivity index (χ1n) is 9.33. The maximum absolute atomic E-state index is 12.5. The zero-order valence-electron chi connectivity index (χ0n) is 16.9. The maximum atomic E-state index is 12.5. The Bertz CT molecular complexity index is 1200. The van der Waals surface area contributed by atoms with Crippen LogP contribution < -0.4 is 14.8 Å². The number of amides is 1. The first-order valence-corrected chi connectivity index (χ1v) is 10.5. The first kappa shape index (κ1) is 23.5. The third kappa shape index (κ3) is 6.18. The molecule has 3 aromatic carbocycles. The molecule has 0 spiro atoms. The molecule has 0 aliphatic carbocycles. The minimum Gasteiger partial charge on any atom is -0.493 e. The molecule has 0 aliphatic heterocycles. The monoisotopic (exact) mass is 486 g/mol. The zero-order chi connectivity index (χ0) is 23.1. The summed E-state index contributed by atoms with van der Waals surface area (Å²) in [4.78, 5) is 12.5. The third-order valence-electron chi connectivity index (χ3n) is 4.36. The molecular formula is C24H17Cl3N2O3. The van der Waals surface area contributed by atoms with E-state index >= 15 is 0 Å². The van der Waals surface area contributed by atoms with E-state index in [1.165, 1.54) is 13.2 Å². The van der Waals surface area contributed by atoms with Gasteiger partial charge in [-0.1, -0.05) is 46.9 Å². The zero-order valence-corrected chi connectivity index (χ0v) is 19.1. The van der Waals surface area contributed by atoms with Crippen LogP contribution in [0.4, 0.5) is 5.69 Å². The summed E-state index contributed by atoms with van der Waals surface area (Å²) in [5.41, 5.74) is 1.79. The highest BCUT2D eigenvalue weighted by atomic mass is 35.5. The minimum atomic E-state index is -0.541. The van der Waals surface area contributed by atoms with E-state index in [0.29, 0.717) is 37.8 Å². The van der Waals surface area contributed by atoms with E-state index in [4.69, 9.17) is 44.3 Å². The van der Waals surface area contributed by atoms with Gasteiger partial charge in [0.1, 0.15) is 18.2 Å². The van der Waals surface area contributed by atoms with Crippen molar-refractivity contribution in [2.45, 2.75) is 6.61 Å². The van der Waals surface area contributed by atoms with Crippen LogP contribution in [0.5, 0.6) is 11.5 Å². The number of halogens is 3. The number of carbonyl (C=O) groups is 1. The Hall–Kier alpha value is -3.17. The fourth-order valence-corrected chi connectivity index (χ4v) is 3.33. The van der Waals surface area contributed by atoms with E-state index < -0.39 is 5.91 Å². The first-order chi connectivity index (χ1) is 15.4. The minimum absolute atomic E-state index is 0.0724. The molecule has 1 N–H and O–H groups in total. The second-order valence-electron chi connectivity index (χ2n) is 6.57. The Balaban J connectivity index is 1.80. The van der Waals surface area contributed by atoms with Gasteiger partial charge in [0.2, 0.25) is 0 Å². The standard InChI is InChI=1S/C24H17Cl3N2O3/c1-31-22-9-2-15(11-23(22)32-14-16-3-4-19(26)12-21(16)27)10-17(13-28)24(30)29-20-7-5-18(25)6-8-20/h2-12H,14H2,1H3,(H,29,30)/b17-10+. The summed E-state index contributed by atoms with van der Waals surface area (Å²) in [6.07, 6.45) is 1.47. The summed E-state index contributed by atoms with van der Waals surface area (Å²) in [7, 11) is 1.52. The van der Waals surface area contributed by atoms with Crippen molar-refractivity contribution in [2.75, 3.05) is 12.4 Å². The highest BCUT2D eigenvalue weighted by molar-refractivity contribution is 6.35. The van der Waals surface area contributed by atoms with Gasteiger partial charge in [-0.15, -0.1) is 0 Å². The molecule has 3 rings (SSSR count). The molecule has 5 nitrogen and oxygen atoms in total. The summed E-state index contributed by atoms with van der Waals surface area (Å²) in [5.74, 6) is 0.389. The van der Waals surface area contributed by atoms with Crippen molar-refractivity contribution in [2.24, 2.45) is 0 Å². The van der Waals surface area contributed by atoms with Crippen molar-refractivity contribution in [3.05, 3.63) is 92.4 Å². The molecule has 0 unspecified atom stereocenters. The molecular weight excluding hydrogens is 471 g/mol. The largest absolute Gasteiger partial charge is 0.493 e. The number of ether oxygens (including phenoxy) is 2. The predicted molar refractivity (Wildman–Crippen MR) is 127 cm³/mol. The van der Waals surface area contributed by atoms with Crippen LogP contribution >= 0.6 is 34.8 Å². The van der Waals surface area contributed by atoms with Crippen molar-refractivity contribution in [1.29, 1.82) is 5.26 Å². The molecule has 0 saturated carbocycles. The lowest BCUT2D eigenvalue weighted by Gasteiger charge is -2.12. The average molecular weight is 488 g/mol. The molecule has 0 fully saturated rings. The molecule has 1 amide bonds. The van der Waals surface area contributed by atoms with Gasteiger partial charge in [-0.25, -0.2) is 0 Å². The summed E-state index contributed by atoms with van der Waals surface area (Å²) in [6, 6.07) is 18.7. The molecule has 8 heteroatoms. The van der Waals surface area contributed by atoms with E-state index in [-0.39, 0.29) is 12.2 Å². The Morgan fingerprint density at radius 3 is 2.38 bits per heavy atom. The van der Waals surface area contributed by atoms with Crippen molar-refractivity contribution < 1.29 is 14.3 Å². The third-order valence-corrected chi connectivity index (χ3v) is 5.20. The molecule has 32 heavy (non-hydrogen) atoms. The Labute approximate surface area is 200 Å². The normalized spacial score (nSPS) is 10.9. The Morgan fingerprint density at radius 1 is 1.00 bits per heavy atom. The Kier molecular flexibility index (Phi) is 8.02. The fraction of sp³-hybridized carbons (Fsp3) is 0.0833. The maximum Gasteiger partial charge on any atom is 0.266 e. The van der Waals surface area contributed by atoms with Gasteiger partial charge in [0.25, 0.3) is 5.91 Å². The molecule has 0 saturated heterocycles. The van der Waals surface area contributed by atoms with Crippen molar-refractivity contribution in [1.82, 2.24) is 0 Å². The van der Waals surface area contributed by atoms with Crippen LogP contribution in [-0.2, 0) is 11.4 Å².